The maximum Gasteiger partial charge on any atom is 0.225 e. The maximum absolute atomic E-state index is 12.2. The van der Waals surface area contributed by atoms with Crippen LogP contribution in [0.3, 0.4) is 0 Å². The van der Waals surface area contributed by atoms with Crippen LogP contribution in [0.25, 0.3) is 0 Å². The zero-order valence-corrected chi connectivity index (χ0v) is 15.5. The van der Waals surface area contributed by atoms with Gasteiger partial charge in [0.1, 0.15) is 0 Å². The van der Waals surface area contributed by atoms with Crippen molar-refractivity contribution >= 4 is 11.6 Å². The molecule has 0 aliphatic carbocycles. The molecule has 1 atom stereocenters. The number of carbonyl (C=O) groups excluding carboxylic acids is 1. The van der Waals surface area contributed by atoms with Gasteiger partial charge in [0.15, 0.2) is 0 Å². The molecule has 2 aromatic rings. The Hall–Kier alpha value is -2.17. The monoisotopic (exact) mass is 351 g/mol. The Kier molecular flexibility index (Phi) is 6.81. The first-order valence-corrected chi connectivity index (χ1v) is 9.56. The fourth-order valence-electron chi connectivity index (χ4n) is 3.57. The zero-order chi connectivity index (χ0) is 18.2. The minimum Gasteiger partial charge on any atom is -0.326 e. The molecular formula is C22H29N3O. The highest BCUT2D eigenvalue weighted by atomic mass is 16.1. The van der Waals surface area contributed by atoms with E-state index >= 15 is 0 Å². The van der Waals surface area contributed by atoms with Crippen LogP contribution in [0, 0.1) is 0 Å². The van der Waals surface area contributed by atoms with Crippen LogP contribution in [0.4, 0.5) is 5.69 Å². The first kappa shape index (κ1) is 18.6. The van der Waals surface area contributed by atoms with Crippen molar-refractivity contribution in [2.75, 3.05) is 18.4 Å². The predicted octanol–water partition coefficient (Wildman–Crippen LogP) is 3.66. The van der Waals surface area contributed by atoms with Crippen molar-refractivity contribution in [3.8, 4) is 0 Å². The molecule has 2 N–H and O–H groups in total. The number of carbonyl (C=O) groups is 1. The van der Waals surface area contributed by atoms with Gasteiger partial charge < -0.3 is 10.6 Å². The minimum atomic E-state index is 0.0673. The average molecular weight is 351 g/mol. The molecule has 2 aromatic carbocycles. The van der Waals surface area contributed by atoms with Gasteiger partial charge in [0, 0.05) is 30.7 Å². The van der Waals surface area contributed by atoms with E-state index in [4.69, 9.17) is 0 Å². The Balaban J connectivity index is 1.36. The summed E-state index contributed by atoms with van der Waals surface area (Å²) in [7, 11) is 0. The largest absolute Gasteiger partial charge is 0.326 e. The van der Waals surface area contributed by atoms with Gasteiger partial charge in [0.05, 0.1) is 0 Å². The smallest absolute Gasteiger partial charge is 0.225 e. The summed E-state index contributed by atoms with van der Waals surface area (Å²) in [4.78, 5) is 14.7. The van der Waals surface area contributed by atoms with Gasteiger partial charge in [-0.2, -0.15) is 0 Å². The fraction of sp³-hybridized carbons (Fsp3) is 0.409. The fourth-order valence-corrected chi connectivity index (χ4v) is 3.57. The summed E-state index contributed by atoms with van der Waals surface area (Å²) >= 11 is 0. The van der Waals surface area contributed by atoms with Gasteiger partial charge in [0.25, 0.3) is 0 Å². The number of benzene rings is 2. The number of rotatable bonds is 7. The molecule has 1 fully saturated rings. The summed E-state index contributed by atoms with van der Waals surface area (Å²) in [5.74, 6) is 0.0673. The van der Waals surface area contributed by atoms with Crippen LogP contribution in [0.5, 0.6) is 0 Å². The van der Waals surface area contributed by atoms with E-state index in [1.165, 1.54) is 5.56 Å². The Labute approximate surface area is 156 Å². The second-order valence-corrected chi connectivity index (χ2v) is 7.22. The lowest BCUT2D eigenvalue weighted by molar-refractivity contribution is -0.116. The van der Waals surface area contributed by atoms with Crippen molar-refractivity contribution in [3.05, 3.63) is 66.2 Å². The van der Waals surface area contributed by atoms with Crippen molar-refractivity contribution < 1.29 is 4.79 Å². The number of likely N-dealkylation sites (tertiary alicyclic amines) is 1. The molecule has 0 aromatic heterocycles. The van der Waals surface area contributed by atoms with E-state index in [2.05, 4.69) is 52.8 Å². The van der Waals surface area contributed by atoms with Gasteiger partial charge in [0.2, 0.25) is 5.91 Å². The number of hydrogen-bond acceptors (Lipinski definition) is 3. The highest BCUT2D eigenvalue weighted by Crippen LogP contribution is 2.15. The molecule has 1 heterocycles. The third-order valence-electron chi connectivity index (χ3n) is 4.91. The quantitative estimate of drug-likeness (QED) is 0.800. The lowest BCUT2D eigenvalue weighted by Crippen LogP contribution is -2.45. The van der Waals surface area contributed by atoms with Gasteiger partial charge in [-0.15, -0.1) is 0 Å². The second-order valence-electron chi connectivity index (χ2n) is 7.22. The van der Waals surface area contributed by atoms with Gasteiger partial charge in [-0.1, -0.05) is 48.5 Å². The Morgan fingerprint density at radius 3 is 2.31 bits per heavy atom. The van der Waals surface area contributed by atoms with E-state index in [1.54, 1.807) is 0 Å². The lowest BCUT2D eigenvalue weighted by atomic mass is 10.0. The van der Waals surface area contributed by atoms with Crippen molar-refractivity contribution in [1.82, 2.24) is 10.2 Å². The van der Waals surface area contributed by atoms with Gasteiger partial charge >= 0.3 is 0 Å². The Bertz CT molecular complexity index is 666. The highest BCUT2D eigenvalue weighted by molar-refractivity contribution is 5.90. The van der Waals surface area contributed by atoms with E-state index < -0.39 is 0 Å². The maximum atomic E-state index is 12.2. The molecule has 1 aliphatic rings. The number of amides is 1. The molecule has 3 rings (SSSR count). The predicted molar refractivity (Wildman–Crippen MR) is 107 cm³/mol. The van der Waals surface area contributed by atoms with Crippen molar-refractivity contribution in [2.24, 2.45) is 0 Å². The molecular weight excluding hydrogens is 322 g/mol. The molecule has 4 heteroatoms. The third-order valence-corrected chi connectivity index (χ3v) is 4.91. The number of anilines is 1. The van der Waals surface area contributed by atoms with Crippen LogP contribution in [-0.4, -0.2) is 36.0 Å². The summed E-state index contributed by atoms with van der Waals surface area (Å²) in [6.07, 6.45) is 2.77. The summed E-state index contributed by atoms with van der Waals surface area (Å²) in [6, 6.07) is 21.0. The molecule has 138 valence electrons. The van der Waals surface area contributed by atoms with Crippen LogP contribution in [0.1, 0.15) is 31.7 Å². The zero-order valence-electron chi connectivity index (χ0n) is 15.5. The first-order chi connectivity index (χ1) is 12.7. The molecule has 0 bridgehead atoms. The Morgan fingerprint density at radius 2 is 1.65 bits per heavy atom. The molecule has 1 amide bonds. The van der Waals surface area contributed by atoms with Crippen LogP contribution in [0.15, 0.2) is 60.7 Å². The molecule has 0 saturated carbocycles. The van der Waals surface area contributed by atoms with Crippen LogP contribution < -0.4 is 10.6 Å². The van der Waals surface area contributed by atoms with Crippen LogP contribution in [-0.2, 0) is 11.3 Å². The van der Waals surface area contributed by atoms with Gasteiger partial charge in [-0.3, -0.25) is 9.69 Å². The van der Waals surface area contributed by atoms with E-state index in [9.17, 15) is 4.79 Å². The number of hydrogen-bond donors (Lipinski definition) is 2. The molecule has 4 nitrogen and oxygen atoms in total. The van der Waals surface area contributed by atoms with E-state index in [-0.39, 0.29) is 11.9 Å². The molecule has 1 aliphatic heterocycles. The molecule has 0 radical (unpaired) electrons. The average Bonchev–Trinajstić information content (AvgIpc) is 2.65. The molecule has 0 unspecified atom stereocenters. The highest BCUT2D eigenvalue weighted by Gasteiger charge is 2.21. The van der Waals surface area contributed by atoms with E-state index in [1.807, 2.05) is 30.3 Å². The van der Waals surface area contributed by atoms with E-state index in [0.29, 0.717) is 12.5 Å². The van der Waals surface area contributed by atoms with Crippen molar-refractivity contribution in [2.45, 2.75) is 44.8 Å². The molecule has 26 heavy (non-hydrogen) atoms. The lowest BCUT2D eigenvalue weighted by Gasteiger charge is -2.34. The number of piperidine rings is 1. The second kappa shape index (κ2) is 9.51. The van der Waals surface area contributed by atoms with Crippen molar-refractivity contribution in [1.29, 1.82) is 0 Å². The third kappa shape index (κ3) is 5.97. The first-order valence-electron chi connectivity index (χ1n) is 9.56. The number of nitrogens with zero attached hydrogens (tertiary/aromatic N) is 1. The topological polar surface area (TPSA) is 44.4 Å². The standard InChI is InChI=1S/C22H29N3O/c1-18(16-22(26)24-20-10-6-3-7-11-20)23-21-12-14-25(15-13-21)17-19-8-4-2-5-9-19/h2-11,18,21,23H,12-17H2,1H3,(H,24,26)/t18-/m1/s1. The Morgan fingerprint density at radius 1 is 1.04 bits per heavy atom. The summed E-state index contributed by atoms with van der Waals surface area (Å²) < 4.78 is 0. The SMILES string of the molecule is C[C@H](CC(=O)Nc1ccccc1)NC1CCN(Cc2ccccc2)CC1. The number of para-hydroxylation sites is 1. The minimum absolute atomic E-state index is 0.0673. The summed E-state index contributed by atoms with van der Waals surface area (Å²) in [5, 5.41) is 6.59. The van der Waals surface area contributed by atoms with Gasteiger partial charge in [-0.25, -0.2) is 0 Å². The number of nitrogens with one attached hydrogen (secondary N) is 2. The van der Waals surface area contributed by atoms with E-state index in [0.717, 1.165) is 38.2 Å². The van der Waals surface area contributed by atoms with Crippen LogP contribution >= 0.6 is 0 Å². The summed E-state index contributed by atoms with van der Waals surface area (Å²) in [6.45, 7) is 5.34. The van der Waals surface area contributed by atoms with Crippen LogP contribution in [0.2, 0.25) is 0 Å². The summed E-state index contributed by atoms with van der Waals surface area (Å²) in [5.41, 5.74) is 2.24. The van der Waals surface area contributed by atoms with Gasteiger partial charge in [-0.05, 0) is 50.6 Å². The molecule has 1 saturated heterocycles. The molecule has 0 spiro atoms. The normalized spacial score (nSPS) is 17.0. The van der Waals surface area contributed by atoms with Crippen molar-refractivity contribution in [3.63, 3.8) is 0 Å².